The summed E-state index contributed by atoms with van der Waals surface area (Å²) in [6, 6.07) is 14.0. The van der Waals surface area contributed by atoms with Gasteiger partial charge in [-0.3, -0.25) is 0 Å². The van der Waals surface area contributed by atoms with Crippen molar-refractivity contribution in [2.45, 2.75) is 64.7 Å². The molecule has 0 atom stereocenters. The van der Waals surface area contributed by atoms with Crippen LogP contribution in [0.25, 0.3) is 11.1 Å². The van der Waals surface area contributed by atoms with Gasteiger partial charge < -0.3 is 0 Å². The van der Waals surface area contributed by atoms with E-state index in [0.717, 1.165) is 6.42 Å². The molecule has 3 rings (SSSR count). The Morgan fingerprint density at radius 1 is 0.875 bits per heavy atom. The summed E-state index contributed by atoms with van der Waals surface area (Å²) in [4.78, 5) is 0. The molecule has 0 fully saturated rings. The highest BCUT2D eigenvalue weighted by atomic mass is 14.4. The van der Waals surface area contributed by atoms with Gasteiger partial charge in [-0.05, 0) is 48.9 Å². The van der Waals surface area contributed by atoms with E-state index in [4.69, 9.17) is 0 Å². The summed E-state index contributed by atoms with van der Waals surface area (Å²) in [5, 5.41) is 0. The third-order valence-electron chi connectivity index (χ3n) is 5.62. The molecule has 0 nitrogen and oxygen atoms in total. The van der Waals surface area contributed by atoms with Crippen LogP contribution in [0.4, 0.5) is 0 Å². The number of unbranched alkanes of at least 4 members (excludes halogenated alkanes) is 3. The maximum absolute atomic E-state index is 4.10. The fourth-order valence-corrected chi connectivity index (χ4v) is 4.41. The van der Waals surface area contributed by atoms with Crippen molar-refractivity contribution in [3.05, 3.63) is 71.3 Å². The predicted octanol–water partition coefficient (Wildman–Crippen LogP) is 7.12. The normalized spacial score (nSPS) is 14.3. The van der Waals surface area contributed by atoms with Gasteiger partial charge in [0, 0.05) is 5.41 Å². The van der Waals surface area contributed by atoms with E-state index in [-0.39, 0.29) is 5.41 Å². The van der Waals surface area contributed by atoms with Crippen molar-refractivity contribution in [2.24, 2.45) is 0 Å². The van der Waals surface area contributed by atoms with Crippen LogP contribution in [-0.2, 0) is 5.41 Å². The van der Waals surface area contributed by atoms with Crippen LogP contribution in [0, 0.1) is 13.8 Å². The molecule has 0 amide bonds. The molecule has 126 valence electrons. The number of aryl methyl sites for hydroxylation is 2. The number of allylic oxidation sites excluding steroid dienone is 1. The molecular formula is C24H30. The molecule has 0 heterocycles. The second-order valence-electron chi connectivity index (χ2n) is 7.48. The first kappa shape index (κ1) is 17.0. The zero-order chi connectivity index (χ0) is 17.2. The van der Waals surface area contributed by atoms with Crippen LogP contribution in [0.3, 0.4) is 0 Å². The van der Waals surface area contributed by atoms with E-state index in [0.29, 0.717) is 0 Å². The molecular weight excluding hydrogens is 288 g/mol. The van der Waals surface area contributed by atoms with Gasteiger partial charge in [-0.1, -0.05) is 86.2 Å². The van der Waals surface area contributed by atoms with Crippen molar-refractivity contribution in [3.63, 3.8) is 0 Å². The van der Waals surface area contributed by atoms with E-state index >= 15 is 0 Å². The van der Waals surface area contributed by atoms with Gasteiger partial charge in [0.05, 0.1) is 0 Å². The van der Waals surface area contributed by atoms with Crippen LogP contribution in [-0.4, -0.2) is 0 Å². The van der Waals surface area contributed by atoms with Crippen molar-refractivity contribution in [3.8, 4) is 11.1 Å². The Hall–Kier alpha value is -1.82. The molecule has 2 aromatic carbocycles. The Labute approximate surface area is 147 Å². The molecule has 0 N–H and O–H groups in total. The average Bonchev–Trinajstić information content (AvgIpc) is 2.82. The summed E-state index contributed by atoms with van der Waals surface area (Å²) in [6.07, 6.45) is 9.65. The highest BCUT2D eigenvalue weighted by Crippen LogP contribution is 2.54. The summed E-state index contributed by atoms with van der Waals surface area (Å²) in [7, 11) is 0. The van der Waals surface area contributed by atoms with Gasteiger partial charge >= 0.3 is 0 Å². The molecule has 0 heteroatoms. The topological polar surface area (TPSA) is 0 Å². The molecule has 0 aromatic heterocycles. The van der Waals surface area contributed by atoms with Crippen LogP contribution < -0.4 is 0 Å². The molecule has 0 aliphatic heterocycles. The predicted molar refractivity (Wildman–Crippen MR) is 106 cm³/mol. The second kappa shape index (κ2) is 6.97. The lowest BCUT2D eigenvalue weighted by atomic mass is 9.71. The van der Waals surface area contributed by atoms with Crippen molar-refractivity contribution in [1.29, 1.82) is 0 Å². The molecule has 24 heavy (non-hydrogen) atoms. The molecule has 0 saturated carbocycles. The zero-order valence-electron chi connectivity index (χ0n) is 15.5. The SMILES string of the molecule is C=CCC1(CCCCCC)c2cc(C)ccc2-c2ccc(C)cc21. The average molecular weight is 319 g/mol. The molecule has 2 aromatic rings. The number of fused-ring (bicyclic) bond motifs is 3. The molecule has 1 aliphatic rings. The summed E-state index contributed by atoms with van der Waals surface area (Å²) >= 11 is 0. The smallest absolute Gasteiger partial charge is 0.0249 e. The Bertz CT molecular complexity index is 684. The maximum atomic E-state index is 4.10. The first-order valence-corrected chi connectivity index (χ1v) is 9.46. The fourth-order valence-electron chi connectivity index (χ4n) is 4.41. The fraction of sp³-hybridized carbons (Fsp3) is 0.417. The van der Waals surface area contributed by atoms with E-state index in [1.165, 1.54) is 65.5 Å². The highest BCUT2D eigenvalue weighted by molar-refractivity contribution is 5.81. The Kier molecular flexibility index (Phi) is 4.94. The van der Waals surface area contributed by atoms with Crippen LogP contribution in [0.15, 0.2) is 49.1 Å². The number of hydrogen-bond donors (Lipinski definition) is 0. The van der Waals surface area contributed by atoms with Gasteiger partial charge in [0.25, 0.3) is 0 Å². The van der Waals surface area contributed by atoms with E-state index in [9.17, 15) is 0 Å². The summed E-state index contributed by atoms with van der Waals surface area (Å²) in [5.74, 6) is 0. The van der Waals surface area contributed by atoms with Gasteiger partial charge in [0.1, 0.15) is 0 Å². The van der Waals surface area contributed by atoms with Gasteiger partial charge in [0.15, 0.2) is 0 Å². The van der Waals surface area contributed by atoms with Gasteiger partial charge in [0.2, 0.25) is 0 Å². The molecule has 1 aliphatic carbocycles. The third kappa shape index (κ3) is 2.83. The van der Waals surface area contributed by atoms with Gasteiger partial charge in [-0.15, -0.1) is 6.58 Å². The second-order valence-corrected chi connectivity index (χ2v) is 7.48. The number of benzene rings is 2. The molecule has 0 spiro atoms. The van der Waals surface area contributed by atoms with Crippen molar-refractivity contribution >= 4 is 0 Å². The lowest BCUT2D eigenvalue weighted by Gasteiger charge is -2.32. The minimum atomic E-state index is 0.123. The van der Waals surface area contributed by atoms with Crippen LogP contribution in [0.2, 0.25) is 0 Å². The maximum Gasteiger partial charge on any atom is 0.0249 e. The lowest BCUT2D eigenvalue weighted by molar-refractivity contribution is 0.454. The van der Waals surface area contributed by atoms with E-state index in [2.05, 4.69) is 69.8 Å². The standard InChI is InChI=1S/C24H30/c1-5-7-8-9-15-24(14-6-2)22-16-18(3)10-12-20(22)21-13-11-19(4)17-23(21)24/h6,10-13,16-17H,2,5,7-9,14-15H2,1,3-4H3. The quantitative estimate of drug-likeness (QED) is 0.376. The van der Waals surface area contributed by atoms with E-state index < -0.39 is 0 Å². The number of hydrogen-bond acceptors (Lipinski definition) is 0. The molecule has 0 bridgehead atoms. The lowest BCUT2D eigenvalue weighted by Crippen LogP contribution is -2.25. The summed E-state index contributed by atoms with van der Waals surface area (Å²) in [6.45, 7) is 10.8. The number of rotatable bonds is 7. The van der Waals surface area contributed by atoms with E-state index in [1.807, 2.05) is 0 Å². The van der Waals surface area contributed by atoms with Crippen LogP contribution >= 0.6 is 0 Å². The Balaban J connectivity index is 2.13. The largest absolute Gasteiger partial charge is 0.103 e. The first-order chi connectivity index (χ1) is 11.6. The van der Waals surface area contributed by atoms with Crippen molar-refractivity contribution < 1.29 is 0 Å². The van der Waals surface area contributed by atoms with Gasteiger partial charge in [-0.2, -0.15) is 0 Å². The molecule has 0 saturated heterocycles. The van der Waals surface area contributed by atoms with Gasteiger partial charge in [-0.25, -0.2) is 0 Å². The van der Waals surface area contributed by atoms with E-state index in [1.54, 1.807) is 0 Å². The van der Waals surface area contributed by atoms with Crippen molar-refractivity contribution in [1.82, 2.24) is 0 Å². The Morgan fingerprint density at radius 3 is 1.96 bits per heavy atom. The summed E-state index contributed by atoms with van der Waals surface area (Å²) in [5.41, 5.74) is 8.78. The minimum Gasteiger partial charge on any atom is -0.103 e. The zero-order valence-corrected chi connectivity index (χ0v) is 15.5. The molecule has 0 unspecified atom stereocenters. The summed E-state index contributed by atoms with van der Waals surface area (Å²) < 4.78 is 0. The Morgan fingerprint density at radius 2 is 1.46 bits per heavy atom. The highest BCUT2D eigenvalue weighted by Gasteiger charge is 2.41. The molecule has 0 radical (unpaired) electrons. The monoisotopic (exact) mass is 318 g/mol. The van der Waals surface area contributed by atoms with Crippen molar-refractivity contribution in [2.75, 3.05) is 0 Å². The van der Waals surface area contributed by atoms with Crippen LogP contribution in [0.5, 0.6) is 0 Å². The minimum absolute atomic E-state index is 0.123. The van der Waals surface area contributed by atoms with Crippen LogP contribution in [0.1, 0.15) is 67.7 Å². The third-order valence-corrected chi connectivity index (χ3v) is 5.62. The first-order valence-electron chi connectivity index (χ1n) is 9.46.